The zero-order valence-corrected chi connectivity index (χ0v) is 14.0. The molecule has 3 heterocycles. The first kappa shape index (κ1) is 15.2. The number of hydrogen-bond donors (Lipinski definition) is 0. The van der Waals surface area contributed by atoms with E-state index >= 15 is 0 Å². The summed E-state index contributed by atoms with van der Waals surface area (Å²) in [5.74, 6) is 0.00955. The number of anilines is 1. The predicted molar refractivity (Wildman–Crippen MR) is 86.8 cm³/mol. The van der Waals surface area contributed by atoms with Gasteiger partial charge in [-0.3, -0.25) is 19.3 Å². The van der Waals surface area contributed by atoms with Gasteiger partial charge in [0.05, 0.1) is 11.9 Å². The van der Waals surface area contributed by atoms with Gasteiger partial charge in [0.2, 0.25) is 5.91 Å². The van der Waals surface area contributed by atoms with E-state index in [1.165, 1.54) is 23.3 Å². The van der Waals surface area contributed by atoms with E-state index < -0.39 is 0 Å². The smallest absolute Gasteiger partial charge is 0.225 e. The van der Waals surface area contributed by atoms with Crippen LogP contribution in [-0.4, -0.2) is 39.2 Å². The third-order valence-corrected chi connectivity index (χ3v) is 5.10. The van der Waals surface area contributed by atoms with Gasteiger partial charge in [0.25, 0.3) is 0 Å². The lowest BCUT2D eigenvalue weighted by molar-refractivity contribution is -0.116. The van der Waals surface area contributed by atoms with Crippen LogP contribution in [0.1, 0.15) is 37.1 Å². The maximum Gasteiger partial charge on any atom is 0.225 e. The zero-order valence-electron chi connectivity index (χ0n) is 13.2. The van der Waals surface area contributed by atoms with Crippen molar-refractivity contribution < 1.29 is 4.79 Å². The van der Waals surface area contributed by atoms with Crippen molar-refractivity contribution in [2.75, 3.05) is 18.5 Å². The first-order chi connectivity index (χ1) is 10.5. The summed E-state index contributed by atoms with van der Waals surface area (Å²) in [6.07, 6.45) is 6.41. The standard InChI is InChI=1S/C15H21N5OS/c1-11(21)19(3)15-17-13(10-22-15)9-20-6-4-5-14(20)12-7-16-18(2)8-12/h7-8,10,14H,4-6,9H2,1-3H3/t14-/m0/s1. The molecule has 22 heavy (non-hydrogen) atoms. The Morgan fingerprint density at radius 3 is 3.05 bits per heavy atom. The summed E-state index contributed by atoms with van der Waals surface area (Å²) >= 11 is 1.52. The van der Waals surface area contributed by atoms with Crippen molar-refractivity contribution in [2.24, 2.45) is 7.05 Å². The van der Waals surface area contributed by atoms with Gasteiger partial charge in [0, 0.05) is 50.7 Å². The van der Waals surface area contributed by atoms with Gasteiger partial charge in [-0.2, -0.15) is 5.10 Å². The second-order valence-electron chi connectivity index (χ2n) is 5.78. The molecular weight excluding hydrogens is 298 g/mol. The number of carbonyl (C=O) groups is 1. The molecule has 0 radical (unpaired) electrons. The van der Waals surface area contributed by atoms with Gasteiger partial charge in [-0.25, -0.2) is 4.98 Å². The van der Waals surface area contributed by atoms with Crippen LogP contribution in [0.2, 0.25) is 0 Å². The molecular formula is C15H21N5OS. The lowest BCUT2D eigenvalue weighted by atomic mass is 10.1. The number of thiazole rings is 1. The number of hydrogen-bond acceptors (Lipinski definition) is 5. The second kappa shape index (κ2) is 6.18. The average molecular weight is 319 g/mol. The molecule has 2 aromatic heterocycles. The number of rotatable bonds is 4. The molecule has 0 saturated carbocycles. The van der Waals surface area contributed by atoms with Crippen LogP contribution in [0.4, 0.5) is 5.13 Å². The Morgan fingerprint density at radius 1 is 1.55 bits per heavy atom. The van der Waals surface area contributed by atoms with E-state index in [0.29, 0.717) is 6.04 Å². The third-order valence-electron chi connectivity index (χ3n) is 4.14. The maximum absolute atomic E-state index is 11.4. The highest BCUT2D eigenvalue weighted by Gasteiger charge is 2.27. The molecule has 1 amide bonds. The highest BCUT2D eigenvalue weighted by molar-refractivity contribution is 7.14. The van der Waals surface area contributed by atoms with Crippen molar-refractivity contribution >= 4 is 22.4 Å². The minimum absolute atomic E-state index is 0.00955. The van der Waals surface area contributed by atoms with Gasteiger partial charge in [-0.15, -0.1) is 11.3 Å². The van der Waals surface area contributed by atoms with Crippen molar-refractivity contribution in [3.8, 4) is 0 Å². The van der Waals surface area contributed by atoms with E-state index in [0.717, 1.165) is 30.3 Å². The van der Waals surface area contributed by atoms with Crippen LogP contribution in [0.15, 0.2) is 17.8 Å². The Morgan fingerprint density at radius 2 is 2.36 bits per heavy atom. The lowest BCUT2D eigenvalue weighted by Gasteiger charge is -2.22. The van der Waals surface area contributed by atoms with Crippen molar-refractivity contribution in [2.45, 2.75) is 32.4 Å². The quantitative estimate of drug-likeness (QED) is 0.867. The monoisotopic (exact) mass is 319 g/mol. The van der Waals surface area contributed by atoms with Crippen LogP contribution < -0.4 is 4.90 Å². The van der Waals surface area contributed by atoms with E-state index in [2.05, 4.69) is 21.2 Å². The first-order valence-electron chi connectivity index (χ1n) is 7.46. The number of nitrogens with zero attached hydrogens (tertiary/aromatic N) is 5. The van der Waals surface area contributed by atoms with Gasteiger partial charge in [0.15, 0.2) is 5.13 Å². The predicted octanol–water partition coefficient (Wildman–Crippen LogP) is 2.20. The molecule has 1 fully saturated rings. The maximum atomic E-state index is 11.4. The van der Waals surface area contributed by atoms with Crippen LogP contribution >= 0.6 is 11.3 Å². The van der Waals surface area contributed by atoms with Gasteiger partial charge in [-0.1, -0.05) is 0 Å². The lowest BCUT2D eigenvalue weighted by Crippen LogP contribution is -2.24. The minimum atomic E-state index is 0.00955. The molecule has 1 aliphatic heterocycles. The molecule has 0 spiro atoms. The molecule has 0 bridgehead atoms. The molecule has 2 aromatic rings. The third kappa shape index (κ3) is 3.05. The molecule has 0 aromatic carbocycles. The number of aromatic nitrogens is 3. The Labute approximate surface area is 134 Å². The molecule has 0 aliphatic carbocycles. The first-order valence-corrected chi connectivity index (χ1v) is 8.34. The Balaban J connectivity index is 1.71. The fourth-order valence-electron chi connectivity index (χ4n) is 2.87. The summed E-state index contributed by atoms with van der Waals surface area (Å²) in [7, 11) is 3.71. The van der Waals surface area contributed by atoms with Crippen LogP contribution in [0.5, 0.6) is 0 Å². The average Bonchev–Trinajstić information content (AvgIpc) is 3.19. The molecule has 0 unspecified atom stereocenters. The van der Waals surface area contributed by atoms with E-state index in [4.69, 9.17) is 0 Å². The topological polar surface area (TPSA) is 54.3 Å². The normalized spacial score (nSPS) is 18.8. The molecule has 1 saturated heterocycles. The summed E-state index contributed by atoms with van der Waals surface area (Å²) in [5, 5.41) is 7.09. The Kier molecular flexibility index (Phi) is 4.26. The van der Waals surface area contributed by atoms with E-state index in [-0.39, 0.29) is 5.91 Å². The molecule has 118 valence electrons. The molecule has 6 nitrogen and oxygen atoms in total. The van der Waals surface area contributed by atoms with Gasteiger partial charge in [0.1, 0.15) is 0 Å². The SMILES string of the molecule is CC(=O)N(C)c1nc(CN2CCC[C@H]2c2cnn(C)c2)cs1. The summed E-state index contributed by atoms with van der Waals surface area (Å²) in [6.45, 7) is 3.46. The van der Waals surface area contributed by atoms with Crippen LogP contribution in [-0.2, 0) is 18.4 Å². The number of likely N-dealkylation sites (tertiary alicyclic amines) is 1. The van der Waals surface area contributed by atoms with Crippen LogP contribution in [0.3, 0.4) is 0 Å². The summed E-state index contributed by atoms with van der Waals surface area (Å²) in [5.41, 5.74) is 2.31. The van der Waals surface area contributed by atoms with Gasteiger partial charge < -0.3 is 0 Å². The minimum Gasteiger partial charge on any atom is -0.292 e. The highest BCUT2D eigenvalue weighted by Crippen LogP contribution is 2.33. The van der Waals surface area contributed by atoms with E-state index in [1.54, 1.807) is 18.9 Å². The summed E-state index contributed by atoms with van der Waals surface area (Å²) < 4.78 is 1.86. The van der Waals surface area contributed by atoms with Crippen molar-refractivity contribution in [1.29, 1.82) is 0 Å². The molecule has 3 rings (SSSR count). The van der Waals surface area contributed by atoms with Crippen molar-refractivity contribution in [3.05, 3.63) is 29.0 Å². The van der Waals surface area contributed by atoms with E-state index in [9.17, 15) is 4.79 Å². The van der Waals surface area contributed by atoms with Crippen LogP contribution in [0.25, 0.3) is 0 Å². The molecule has 1 aliphatic rings. The molecule has 1 atom stereocenters. The second-order valence-corrected chi connectivity index (χ2v) is 6.61. The number of amides is 1. The van der Waals surface area contributed by atoms with Crippen LogP contribution in [0, 0.1) is 0 Å². The molecule has 0 N–H and O–H groups in total. The van der Waals surface area contributed by atoms with Gasteiger partial charge in [-0.05, 0) is 19.4 Å². The van der Waals surface area contributed by atoms with Crippen molar-refractivity contribution in [1.82, 2.24) is 19.7 Å². The largest absolute Gasteiger partial charge is 0.292 e. The Bertz CT molecular complexity index is 664. The molecule has 7 heteroatoms. The zero-order chi connectivity index (χ0) is 15.7. The van der Waals surface area contributed by atoms with Crippen molar-refractivity contribution in [3.63, 3.8) is 0 Å². The highest BCUT2D eigenvalue weighted by atomic mass is 32.1. The van der Waals surface area contributed by atoms with Gasteiger partial charge >= 0.3 is 0 Å². The number of aryl methyl sites for hydroxylation is 1. The summed E-state index contributed by atoms with van der Waals surface area (Å²) in [6, 6.07) is 0.421. The Hall–Kier alpha value is -1.73. The summed E-state index contributed by atoms with van der Waals surface area (Å²) in [4.78, 5) is 20.0. The fraction of sp³-hybridized carbons (Fsp3) is 0.533. The number of carbonyl (C=O) groups excluding carboxylic acids is 1. The van der Waals surface area contributed by atoms with E-state index in [1.807, 2.05) is 23.3 Å². The fourth-order valence-corrected chi connectivity index (χ4v) is 3.70.